The lowest BCUT2D eigenvalue weighted by Gasteiger charge is -2.01. The van der Waals surface area contributed by atoms with E-state index in [-0.39, 0.29) is 0 Å². The van der Waals surface area contributed by atoms with E-state index in [0.717, 1.165) is 11.5 Å². The normalized spacial score (nSPS) is 10.7. The topological polar surface area (TPSA) is 0 Å². The van der Waals surface area contributed by atoms with Crippen molar-refractivity contribution in [3.8, 4) is 0 Å². The Labute approximate surface area is 191 Å². The van der Waals surface area contributed by atoms with E-state index in [1.807, 2.05) is 0 Å². The Morgan fingerprint density at radius 3 is 0.643 bits per heavy atom. The summed E-state index contributed by atoms with van der Waals surface area (Å²) in [7, 11) is 0. The molecule has 0 saturated carbocycles. The summed E-state index contributed by atoms with van der Waals surface area (Å²) in [6.07, 6.45) is 31.3. The van der Waals surface area contributed by atoms with Gasteiger partial charge >= 0.3 is 0 Å². The van der Waals surface area contributed by atoms with E-state index in [1.54, 1.807) is 0 Å². The molecule has 0 aromatic rings. The van der Waals surface area contributed by atoms with Crippen LogP contribution in [-0.2, 0) is 0 Å². The number of thiol groups is 2. The largest absolute Gasteiger partial charge is 0.179 e. The minimum Gasteiger partial charge on any atom is -0.179 e. The van der Waals surface area contributed by atoms with Crippen molar-refractivity contribution in [1.82, 2.24) is 0 Å². The quantitative estimate of drug-likeness (QED) is 0.123. The Hall–Kier alpha value is 0.700. The Morgan fingerprint density at radius 2 is 0.464 bits per heavy atom. The van der Waals surface area contributed by atoms with Gasteiger partial charge in [0.1, 0.15) is 0 Å². The smallest absolute Gasteiger partial charge is 0.00979 e. The Kier molecular flexibility index (Phi) is 35.7. The summed E-state index contributed by atoms with van der Waals surface area (Å²) in [5.41, 5.74) is 0. The van der Waals surface area contributed by atoms with Crippen LogP contribution in [0.25, 0.3) is 0 Å². The molecule has 2 heteroatoms. The van der Waals surface area contributed by atoms with Gasteiger partial charge in [-0.3, -0.25) is 0 Å². The van der Waals surface area contributed by atoms with E-state index in [0.29, 0.717) is 0 Å². The van der Waals surface area contributed by atoms with Gasteiger partial charge < -0.3 is 0 Å². The summed E-state index contributed by atoms with van der Waals surface area (Å²) in [4.78, 5) is 0. The summed E-state index contributed by atoms with van der Waals surface area (Å²) < 4.78 is 0. The predicted octanol–water partition coefficient (Wildman–Crippen LogP) is 10.5. The SMILES string of the molecule is CCCCCCCCCCCCCCS.CCCCCCCCCCCCS. The van der Waals surface area contributed by atoms with Crippen LogP contribution in [0, 0.1) is 0 Å². The second-order valence-corrected chi connectivity index (χ2v) is 9.41. The molecular formula is C26H56S2. The molecule has 0 nitrogen and oxygen atoms in total. The Morgan fingerprint density at radius 1 is 0.286 bits per heavy atom. The highest BCUT2D eigenvalue weighted by atomic mass is 32.1. The lowest BCUT2D eigenvalue weighted by molar-refractivity contribution is 0.548. The second kappa shape index (κ2) is 32.4. The lowest BCUT2D eigenvalue weighted by atomic mass is 10.1. The third kappa shape index (κ3) is 34.2. The molecule has 0 spiro atoms. The first-order valence-electron chi connectivity index (χ1n) is 13.0. The van der Waals surface area contributed by atoms with Gasteiger partial charge in [0.05, 0.1) is 0 Å². The van der Waals surface area contributed by atoms with Crippen LogP contribution in [0.5, 0.6) is 0 Å². The fourth-order valence-corrected chi connectivity index (χ4v) is 4.00. The molecule has 0 heterocycles. The predicted molar refractivity (Wildman–Crippen MR) is 141 cm³/mol. The van der Waals surface area contributed by atoms with Gasteiger partial charge in [-0.25, -0.2) is 0 Å². The zero-order valence-electron chi connectivity index (χ0n) is 19.9. The molecule has 0 radical (unpaired) electrons. The van der Waals surface area contributed by atoms with Crippen molar-refractivity contribution in [2.24, 2.45) is 0 Å². The van der Waals surface area contributed by atoms with Gasteiger partial charge in [0, 0.05) is 0 Å². The van der Waals surface area contributed by atoms with Crippen LogP contribution >= 0.6 is 25.3 Å². The van der Waals surface area contributed by atoms with Crippen molar-refractivity contribution < 1.29 is 0 Å². The first-order chi connectivity index (χ1) is 13.8. The van der Waals surface area contributed by atoms with E-state index in [4.69, 9.17) is 0 Å². The van der Waals surface area contributed by atoms with E-state index in [2.05, 4.69) is 39.1 Å². The van der Waals surface area contributed by atoms with Crippen LogP contribution in [0.1, 0.15) is 155 Å². The minimum atomic E-state index is 1.07. The Balaban J connectivity index is 0. The lowest BCUT2D eigenvalue weighted by Crippen LogP contribution is -1.82. The maximum atomic E-state index is 4.22. The van der Waals surface area contributed by atoms with Gasteiger partial charge in [-0.05, 0) is 24.3 Å². The highest BCUT2D eigenvalue weighted by Gasteiger charge is 1.93. The van der Waals surface area contributed by atoms with Crippen LogP contribution in [0.15, 0.2) is 0 Å². The van der Waals surface area contributed by atoms with E-state index in [1.165, 1.54) is 141 Å². The second-order valence-electron chi connectivity index (χ2n) is 8.52. The van der Waals surface area contributed by atoms with E-state index in [9.17, 15) is 0 Å². The standard InChI is InChI=1S/C14H30S.C12H26S/c1-2-3-4-5-6-7-8-9-10-11-12-13-14-15;1-2-3-4-5-6-7-8-9-10-11-12-13/h15H,2-14H2,1H3;13H,2-12H2,1H3. The monoisotopic (exact) mass is 432 g/mol. The first kappa shape index (κ1) is 30.9. The van der Waals surface area contributed by atoms with Crippen molar-refractivity contribution in [2.75, 3.05) is 11.5 Å². The van der Waals surface area contributed by atoms with Gasteiger partial charge in [0.2, 0.25) is 0 Å². The van der Waals surface area contributed by atoms with E-state index >= 15 is 0 Å². The van der Waals surface area contributed by atoms with Crippen molar-refractivity contribution in [1.29, 1.82) is 0 Å². The Bertz CT molecular complexity index is 208. The molecule has 0 aliphatic carbocycles. The summed E-state index contributed by atoms with van der Waals surface area (Å²) in [5, 5.41) is 0. The molecule has 0 atom stereocenters. The molecule has 0 rings (SSSR count). The molecule has 0 aliphatic heterocycles. The average Bonchev–Trinajstić information content (AvgIpc) is 2.71. The number of hydrogen-bond acceptors (Lipinski definition) is 2. The molecule has 0 fully saturated rings. The van der Waals surface area contributed by atoms with Gasteiger partial charge in [0.15, 0.2) is 0 Å². The van der Waals surface area contributed by atoms with E-state index < -0.39 is 0 Å². The molecule has 0 saturated heterocycles. The van der Waals surface area contributed by atoms with Gasteiger partial charge in [-0.1, -0.05) is 142 Å². The zero-order valence-corrected chi connectivity index (χ0v) is 21.7. The van der Waals surface area contributed by atoms with Crippen LogP contribution in [0.4, 0.5) is 0 Å². The molecule has 0 aromatic carbocycles. The first-order valence-corrected chi connectivity index (χ1v) is 14.3. The fourth-order valence-electron chi connectivity index (χ4n) is 3.55. The molecule has 0 N–H and O–H groups in total. The number of unbranched alkanes of at least 4 members (excludes halogenated alkanes) is 20. The molecule has 0 amide bonds. The van der Waals surface area contributed by atoms with Gasteiger partial charge in [-0.15, -0.1) is 0 Å². The summed E-state index contributed by atoms with van der Waals surface area (Å²) >= 11 is 8.42. The maximum absolute atomic E-state index is 4.22. The average molecular weight is 433 g/mol. The zero-order chi connectivity index (χ0) is 21.0. The summed E-state index contributed by atoms with van der Waals surface area (Å²) in [6.45, 7) is 4.56. The third-order valence-corrected chi connectivity index (χ3v) is 6.16. The van der Waals surface area contributed by atoms with Crippen LogP contribution in [-0.4, -0.2) is 11.5 Å². The van der Waals surface area contributed by atoms with Crippen molar-refractivity contribution in [3.05, 3.63) is 0 Å². The third-order valence-electron chi connectivity index (χ3n) is 5.52. The number of rotatable bonds is 22. The van der Waals surface area contributed by atoms with Crippen LogP contribution < -0.4 is 0 Å². The highest BCUT2D eigenvalue weighted by Crippen LogP contribution is 2.12. The summed E-state index contributed by atoms with van der Waals surface area (Å²) in [5.74, 6) is 2.13. The highest BCUT2D eigenvalue weighted by molar-refractivity contribution is 7.80. The molecule has 0 aromatic heterocycles. The fraction of sp³-hybridized carbons (Fsp3) is 1.00. The van der Waals surface area contributed by atoms with Crippen molar-refractivity contribution in [2.45, 2.75) is 155 Å². The summed E-state index contributed by atoms with van der Waals surface area (Å²) in [6, 6.07) is 0. The molecule has 28 heavy (non-hydrogen) atoms. The van der Waals surface area contributed by atoms with Crippen molar-refractivity contribution in [3.63, 3.8) is 0 Å². The molecule has 172 valence electrons. The van der Waals surface area contributed by atoms with Crippen LogP contribution in [0.3, 0.4) is 0 Å². The minimum absolute atomic E-state index is 1.07. The molecule has 0 unspecified atom stereocenters. The molecular weight excluding hydrogens is 376 g/mol. The maximum Gasteiger partial charge on any atom is -0.00979 e. The van der Waals surface area contributed by atoms with Crippen LogP contribution in [0.2, 0.25) is 0 Å². The molecule has 0 bridgehead atoms. The van der Waals surface area contributed by atoms with Crippen molar-refractivity contribution >= 4 is 25.3 Å². The molecule has 0 aliphatic rings. The van der Waals surface area contributed by atoms with Gasteiger partial charge in [0.25, 0.3) is 0 Å². The van der Waals surface area contributed by atoms with Gasteiger partial charge in [-0.2, -0.15) is 25.3 Å². The number of hydrogen-bond donors (Lipinski definition) is 2.